The number of hydrogen-bond donors (Lipinski definition) is 0. The lowest BCUT2D eigenvalue weighted by molar-refractivity contribution is -0.527. The van der Waals surface area contributed by atoms with Crippen molar-refractivity contribution in [3.05, 3.63) is 68.8 Å². The van der Waals surface area contributed by atoms with Crippen molar-refractivity contribution in [2.24, 2.45) is 0 Å². The van der Waals surface area contributed by atoms with Crippen molar-refractivity contribution < 1.29 is 9.31 Å². The molecule has 3 heteroatoms. The topological polar surface area (TPSA) is 12.2 Å². The second kappa shape index (κ2) is 5.79. The van der Waals surface area contributed by atoms with E-state index >= 15 is 0 Å². The Morgan fingerprint density at radius 2 is 1.76 bits per heavy atom. The summed E-state index contributed by atoms with van der Waals surface area (Å²) in [6.45, 7) is 4.35. The van der Waals surface area contributed by atoms with Crippen LogP contribution in [0.1, 0.15) is 29.7 Å². The summed E-state index contributed by atoms with van der Waals surface area (Å²) in [6, 6.07) is 17.1. The van der Waals surface area contributed by atoms with Gasteiger partial charge in [0.15, 0.2) is 12.1 Å². The Morgan fingerprint density at radius 1 is 1.05 bits per heavy atom. The van der Waals surface area contributed by atoms with Crippen LogP contribution in [0.15, 0.2) is 48.5 Å². The zero-order chi connectivity index (χ0) is 15.0. The molecule has 0 unspecified atom stereocenters. The molecule has 0 saturated heterocycles. The fourth-order valence-corrected chi connectivity index (χ4v) is 3.34. The Balaban J connectivity index is 2.00. The minimum Gasteiger partial charge on any atom is -0.429 e. The van der Waals surface area contributed by atoms with Crippen LogP contribution in [0.4, 0.5) is 0 Å². The summed E-state index contributed by atoms with van der Waals surface area (Å²) in [6.07, 6.45) is 0.0857. The molecule has 0 saturated carbocycles. The molecule has 21 heavy (non-hydrogen) atoms. The van der Waals surface area contributed by atoms with Gasteiger partial charge < -0.3 is 4.74 Å². The molecule has 0 fully saturated rings. The van der Waals surface area contributed by atoms with Crippen molar-refractivity contribution in [2.75, 3.05) is 7.05 Å². The number of nitrogens with zero attached hydrogens (tertiary/aromatic N) is 1. The molecule has 1 aliphatic heterocycles. The van der Waals surface area contributed by atoms with Crippen LogP contribution < -0.4 is 0 Å². The Morgan fingerprint density at radius 3 is 2.48 bits per heavy atom. The number of aryl methyl sites for hydroxylation is 1. The van der Waals surface area contributed by atoms with Gasteiger partial charge in [-0.15, -0.1) is 0 Å². The van der Waals surface area contributed by atoms with Gasteiger partial charge in [0, 0.05) is 10.5 Å². The minimum atomic E-state index is 0.0857. The fourth-order valence-electron chi connectivity index (χ4n) is 2.75. The first-order valence-electron chi connectivity index (χ1n) is 7.16. The van der Waals surface area contributed by atoms with Crippen molar-refractivity contribution in [2.45, 2.75) is 26.0 Å². The highest BCUT2D eigenvalue weighted by Crippen LogP contribution is 2.31. The highest BCUT2D eigenvalue weighted by atomic mass is 127. The summed E-state index contributed by atoms with van der Waals surface area (Å²) in [7, 11) is 2.11. The molecular weight excluding hydrogens is 373 g/mol. The summed E-state index contributed by atoms with van der Waals surface area (Å²) in [4.78, 5) is 0. The summed E-state index contributed by atoms with van der Waals surface area (Å²) in [5.74, 6) is 0.976. The fraction of sp³-hybridized carbons (Fsp3) is 0.278. The summed E-state index contributed by atoms with van der Waals surface area (Å²) in [5.41, 5.74) is 3.70. The van der Waals surface area contributed by atoms with Gasteiger partial charge in [-0.2, -0.15) is 4.58 Å². The van der Waals surface area contributed by atoms with Crippen LogP contribution in [-0.2, 0) is 4.74 Å². The van der Waals surface area contributed by atoms with Gasteiger partial charge in [0.25, 0.3) is 0 Å². The summed E-state index contributed by atoms with van der Waals surface area (Å²) < 4.78 is 9.84. The number of ether oxygens (including phenoxy) is 1. The van der Waals surface area contributed by atoms with E-state index in [2.05, 4.69) is 90.5 Å². The Hall–Kier alpha value is -1.36. The molecule has 0 radical (unpaired) electrons. The van der Waals surface area contributed by atoms with E-state index in [1.54, 1.807) is 0 Å². The zero-order valence-electron chi connectivity index (χ0n) is 12.5. The van der Waals surface area contributed by atoms with E-state index in [9.17, 15) is 0 Å². The number of hydrogen-bond acceptors (Lipinski definition) is 1. The van der Waals surface area contributed by atoms with Gasteiger partial charge in [0.1, 0.15) is 7.05 Å². The molecule has 0 N–H and O–H groups in total. The highest BCUT2D eigenvalue weighted by Gasteiger charge is 2.40. The Bertz CT molecular complexity index is 694. The van der Waals surface area contributed by atoms with Crippen molar-refractivity contribution in [1.29, 1.82) is 0 Å². The molecule has 2 aromatic rings. The zero-order valence-corrected chi connectivity index (χ0v) is 14.7. The Labute approximate surface area is 139 Å². The predicted molar refractivity (Wildman–Crippen MR) is 93.9 cm³/mol. The Kier molecular flexibility index (Phi) is 4.02. The maximum Gasteiger partial charge on any atom is 0.371 e. The predicted octanol–water partition coefficient (Wildman–Crippen LogP) is 4.15. The molecule has 2 atom stereocenters. The van der Waals surface area contributed by atoms with E-state index in [1.165, 1.54) is 20.3 Å². The number of benzene rings is 2. The van der Waals surface area contributed by atoms with Crippen molar-refractivity contribution in [3.63, 3.8) is 0 Å². The van der Waals surface area contributed by atoms with Crippen LogP contribution in [0.2, 0.25) is 0 Å². The standard InChI is InChI=1S/C18H19INO/c1-12-8-7-11-15(16(12)19)18-20(3)13(2)17(21-18)14-9-5-4-6-10-14/h4-11,13,17H,1-3H3/q+1/t13-,17+/m1/s1. The first-order chi connectivity index (χ1) is 10.1. The number of likely N-dealkylation sites (N-methyl/N-ethyl adjacent to an activating group) is 1. The molecule has 0 amide bonds. The number of halogens is 1. The van der Waals surface area contributed by atoms with Crippen LogP contribution in [-0.4, -0.2) is 23.6 Å². The van der Waals surface area contributed by atoms with Gasteiger partial charge in [-0.25, -0.2) is 0 Å². The average Bonchev–Trinajstić information content (AvgIpc) is 2.79. The molecule has 0 spiro atoms. The van der Waals surface area contributed by atoms with Crippen molar-refractivity contribution in [3.8, 4) is 0 Å². The maximum atomic E-state index is 6.33. The smallest absolute Gasteiger partial charge is 0.371 e. The lowest BCUT2D eigenvalue weighted by Gasteiger charge is -2.11. The largest absolute Gasteiger partial charge is 0.429 e. The molecule has 0 aromatic heterocycles. The first-order valence-corrected chi connectivity index (χ1v) is 8.24. The van der Waals surface area contributed by atoms with Crippen LogP contribution in [0.25, 0.3) is 0 Å². The average molecular weight is 392 g/mol. The van der Waals surface area contributed by atoms with E-state index in [1.807, 2.05) is 6.07 Å². The quantitative estimate of drug-likeness (QED) is 0.553. The third-order valence-electron chi connectivity index (χ3n) is 4.16. The minimum absolute atomic E-state index is 0.0857. The van der Waals surface area contributed by atoms with E-state index in [0.717, 1.165) is 5.90 Å². The summed E-state index contributed by atoms with van der Waals surface area (Å²) >= 11 is 2.41. The second-order valence-corrected chi connectivity index (χ2v) is 6.62. The number of rotatable bonds is 2. The van der Waals surface area contributed by atoms with Crippen LogP contribution in [0, 0.1) is 10.5 Å². The van der Waals surface area contributed by atoms with Gasteiger partial charge in [0.05, 0.1) is 5.56 Å². The molecule has 108 valence electrons. The SMILES string of the molecule is Cc1cccc(C2=[N+](C)[C@H](C)[C@@H](c3ccccc3)O2)c1I. The van der Waals surface area contributed by atoms with E-state index in [0.29, 0.717) is 6.04 Å². The van der Waals surface area contributed by atoms with Crippen molar-refractivity contribution >= 4 is 28.5 Å². The van der Waals surface area contributed by atoms with Gasteiger partial charge in [-0.05, 0) is 46.7 Å². The van der Waals surface area contributed by atoms with Gasteiger partial charge in [0.2, 0.25) is 0 Å². The van der Waals surface area contributed by atoms with Crippen LogP contribution in [0.5, 0.6) is 0 Å². The van der Waals surface area contributed by atoms with E-state index in [4.69, 9.17) is 4.74 Å². The van der Waals surface area contributed by atoms with E-state index in [-0.39, 0.29) is 6.10 Å². The monoisotopic (exact) mass is 392 g/mol. The molecular formula is C18H19INO+. The molecule has 3 rings (SSSR count). The van der Waals surface area contributed by atoms with Crippen LogP contribution >= 0.6 is 22.6 Å². The van der Waals surface area contributed by atoms with E-state index < -0.39 is 0 Å². The molecule has 2 nitrogen and oxygen atoms in total. The highest BCUT2D eigenvalue weighted by molar-refractivity contribution is 14.1. The third kappa shape index (κ3) is 2.59. The second-order valence-electron chi connectivity index (χ2n) is 5.54. The normalized spacial score (nSPS) is 21.5. The molecule has 0 aliphatic carbocycles. The van der Waals surface area contributed by atoms with Crippen LogP contribution in [0.3, 0.4) is 0 Å². The van der Waals surface area contributed by atoms with Gasteiger partial charge in [-0.1, -0.05) is 42.5 Å². The lowest BCUT2D eigenvalue weighted by atomic mass is 10.0. The molecule has 0 bridgehead atoms. The molecule has 2 aromatic carbocycles. The van der Waals surface area contributed by atoms with Crippen molar-refractivity contribution in [1.82, 2.24) is 0 Å². The maximum absolute atomic E-state index is 6.33. The summed E-state index contributed by atoms with van der Waals surface area (Å²) in [5, 5.41) is 0. The lowest BCUT2D eigenvalue weighted by Crippen LogP contribution is -2.21. The first kappa shape index (κ1) is 14.6. The third-order valence-corrected chi connectivity index (χ3v) is 5.59. The molecule has 1 aliphatic rings. The molecule has 1 heterocycles. The van der Waals surface area contributed by atoms with Gasteiger partial charge >= 0.3 is 5.90 Å². The van der Waals surface area contributed by atoms with Gasteiger partial charge in [-0.3, -0.25) is 0 Å².